The van der Waals surface area contributed by atoms with E-state index in [0.29, 0.717) is 10.7 Å². The van der Waals surface area contributed by atoms with Crippen molar-refractivity contribution < 1.29 is 4.79 Å². The summed E-state index contributed by atoms with van der Waals surface area (Å²) in [5.41, 5.74) is 0.789. The van der Waals surface area contributed by atoms with E-state index in [1.165, 1.54) is 38.5 Å². The third kappa shape index (κ3) is 3.39. The number of halogens is 1. The van der Waals surface area contributed by atoms with Gasteiger partial charge in [0.1, 0.15) is 11.6 Å². The maximum Gasteiger partial charge on any atom is 0.267 e. The number of anilines is 1. The van der Waals surface area contributed by atoms with Gasteiger partial charge in [-0.25, -0.2) is 0 Å². The largest absolute Gasteiger partial charge is 0.384 e. The van der Waals surface area contributed by atoms with Crippen molar-refractivity contribution in [3.63, 3.8) is 0 Å². The highest BCUT2D eigenvalue weighted by atomic mass is 35.5. The molecule has 0 heterocycles. The number of carbonyl (C=O) groups is 1. The Kier molecular flexibility index (Phi) is 4.21. The lowest BCUT2D eigenvalue weighted by molar-refractivity contribution is -0.112. The number of nitrogens with one attached hydrogen (secondary N) is 2. The van der Waals surface area contributed by atoms with Crippen LogP contribution < -0.4 is 10.6 Å². The van der Waals surface area contributed by atoms with Crippen LogP contribution in [0.25, 0.3) is 0 Å². The minimum Gasteiger partial charge on any atom is -0.384 e. The summed E-state index contributed by atoms with van der Waals surface area (Å²) in [6.45, 7) is 0. The Labute approximate surface area is 153 Å². The summed E-state index contributed by atoms with van der Waals surface area (Å²) in [4.78, 5) is 12.4. The summed E-state index contributed by atoms with van der Waals surface area (Å²) < 4.78 is 0. The average molecular weight is 356 g/mol. The van der Waals surface area contributed by atoms with Gasteiger partial charge in [-0.2, -0.15) is 5.26 Å². The molecule has 0 atom stereocenters. The molecular weight excluding hydrogens is 334 g/mol. The molecule has 1 aromatic rings. The van der Waals surface area contributed by atoms with E-state index in [4.69, 9.17) is 11.6 Å². The molecule has 4 nitrogen and oxygen atoms in total. The summed E-state index contributed by atoms with van der Waals surface area (Å²) in [6.07, 6.45) is 9.24. The molecule has 5 rings (SSSR count). The second-order valence-corrected chi connectivity index (χ2v) is 8.41. The van der Waals surface area contributed by atoms with E-state index in [-0.39, 0.29) is 11.1 Å². The number of rotatable bonds is 4. The molecule has 0 spiro atoms. The average Bonchev–Trinajstić information content (AvgIpc) is 2.54. The summed E-state index contributed by atoms with van der Waals surface area (Å²) >= 11 is 5.94. The molecule has 4 aliphatic carbocycles. The van der Waals surface area contributed by atoms with Crippen LogP contribution in [0.2, 0.25) is 5.02 Å². The zero-order chi connectivity index (χ0) is 17.4. The molecule has 0 aromatic heterocycles. The van der Waals surface area contributed by atoms with Gasteiger partial charge in [-0.05, 0) is 74.5 Å². The first-order chi connectivity index (χ1) is 12.0. The van der Waals surface area contributed by atoms with Gasteiger partial charge < -0.3 is 10.6 Å². The van der Waals surface area contributed by atoms with Crippen molar-refractivity contribution in [3.8, 4) is 6.07 Å². The van der Waals surface area contributed by atoms with Crippen LogP contribution in [0.4, 0.5) is 5.69 Å². The topological polar surface area (TPSA) is 64.9 Å². The predicted molar refractivity (Wildman–Crippen MR) is 97.8 cm³/mol. The fraction of sp³-hybridized carbons (Fsp3) is 0.500. The molecule has 4 fully saturated rings. The van der Waals surface area contributed by atoms with Crippen LogP contribution in [0.5, 0.6) is 0 Å². The van der Waals surface area contributed by atoms with Crippen molar-refractivity contribution >= 4 is 23.2 Å². The number of amides is 1. The fourth-order valence-corrected chi connectivity index (χ4v) is 5.62. The molecule has 2 N–H and O–H groups in total. The summed E-state index contributed by atoms with van der Waals surface area (Å²) in [6, 6.07) is 8.95. The first-order valence-corrected chi connectivity index (χ1v) is 9.38. The standard InChI is InChI=1S/C20H22ClN3O/c21-17-2-1-3-18(7-17)24-19(25)16(11-22)12-23-20-8-13-4-14(9-20)6-15(5-13)10-20/h1-3,7,12-15,23H,4-6,8-10H2,(H,24,25)/b16-12-. The predicted octanol–water partition coefficient (Wildman–Crippen LogP) is 4.24. The lowest BCUT2D eigenvalue weighted by atomic mass is 9.53. The number of hydrogen-bond donors (Lipinski definition) is 2. The first kappa shape index (κ1) is 16.5. The van der Waals surface area contributed by atoms with E-state index < -0.39 is 5.91 Å². The zero-order valence-corrected chi connectivity index (χ0v) is 14.9. The number of nitrogens with zero attached hydrogens (tertiary/aromatic N) is 1. The van der Waals surface area contributed by atoms with Crippen molar-refractivity contribution in [2.75, 3.05) is 5.32 Å². The normalized spacial score (nSPS) is 33.0. The smallest absolute Gasteiger partial charge is 0.267 e. The van der Waals surface area contributed by atoms with Crippen molar-refractivity contribution in [2.24, 2.45) is 17.8 Å². The fourth-order valence-electron chi connectivity index (χ4n) is 5.43. The van der Waals surface area contributed by atoms with Crippen LogP contribution in [0.3, 0.4) is 0 Å². The van der Waals surface area contributed by atoms with Crippen molar-refractivity contribution in [1.29, 1.82) is 5.26 Å². The molecule has 0 radical (unpaired) electrons. The third-order valence-corrected chi connectivity index (χ3v) is 6.24. The zero-order valence-electron chi connectivity index (χ0n) is 14.1. The van der Waals surface area contributed by atoms with Crippen molar-refractivity contribution in [3.05, 3.63) is 41.1 Å². The SMILES string of the molecule is N#C/C(=C/NC12CC3CC(CC(C3)C1)C2)C(=O)Nc1cccc(Cl)c1. The number of nitriles is 1. The Morgan fingerprint density at radius 3 is 2.40 bits per heavy atom. The van der Waals surface area contributed by atoms with Gasteiger partial charge >= 0.3 is 0 Å². The number of carbonyl (C=O) groups excluding carboxylic acids is 1. The molecule has 0 aliphatic heterocycles. The Bertz CT molecular complexity index is 729. The van der Waals surface area contributed by atoms with Crippen LogP contribution in [0.15, 0.2) is 36.0 Å². The van der Waals surface area contributed by atoms with Gasteiger partial charge in [0, 0.05) is 22.4 Å². The summed E-state index contributed by atoms with van der Waals surface area (Å²) in [7, 11) is 0. The van der Waals surface area contributed by atoms with Crippen LogP contribution in [0, 0.1) is 29.1 Å². The van der Waals surface area contributed by atoms with Gasteiger partial charge in [0.05, 0.1) is 0 Å². The minimum atomic E-state index is -0.401. The third-order valence-electron chi connectivity index (χ3n) is 6.01. The molecular formula is C20H22ClN3O. The van der Waals surface area contributed by atoms with E-state index in [1.54, 1.807) is 30.5 Å². The van der Waals surface area contributed by atoms with Crippen LogP contribution in [-0.2, 0) is 4.79 Å². The quantitative estimate of drug-likeness (QED) is 0.627. The van der Waals surface area contributed by atoms with E-state index in [9.17, 15) is 10.1 Å². The first-order valence-electron chi connectivity index (χ1n) is 9.00. The lowest BCUT2D eigenvalue weighted by Gasteiger charge is -2.56. The van der Waals surface area contributed by atoms with Gasteiger partial charge in [-0.3, -0.25) is 4.79 Å². The van der Waals surface area contributed by atoms with Crippen LogP contribution >= 0.6 is 11.6 Å². The highest BCUT2D eigenvalue weighted by Gasteiger charge is 2.50. The highest BCUT2D eigenvalue weighted by Crippen LogP contribution is 2.55. The minimum absolute atomic E-state index is 0.0905. The molecule has 4 aliphatic rings. The molecule has 4 saturated carbocycles. The van der Waals surface area contributed by atoms with E-state index in [0.717, 1.165) is 17.8 Å². The van der Waals surface area contributed by atoms with E-state index >= 15 is 0 Å². The Hall–Kier alpha value is -1.99. The van der Waals surface area contributed by atoms with Gasteiger partial charge in [0.2, 0.25) is 0 Å². The molecule has 0 unspecified atom stereocenters. The van der Waals surface area contributed by atoms with Crippen LogP contribution in [0.1, 0.15) is 38.5 Å². The monoisotopic (exact) mass is 355 g/mol. The molecule has 1 amide bonds. The van der Waals surface area contributed by atoms with Gasteiger partial charge in [-0.15, -0.1) is 0 Å². The Morgan fingerprint density at radius 1 is 1.20 bits per heavy atom. The van der Waals surface area contributed by atoms with Gasteiger partial charge in [0.15, 0.2) is 0 Å². The summed E-state index contributed by atoms with van der Waals surface area (Å²) in [5.74, 6) is 2.05. The Morgan fingerprint density at radius 2 is 1.84 bits per heavy atom. The maximum absolute atomic E-state index is 12.4. The second-order valence-electron chi connectivity index (χ2n) is 7.98. The van der Waals surface area contributed by atoms with Gasteiger partial charge in [-0.1, -0.05) is 17.7 Å². The van der Waals surface area contributed by atoms with Gasteiger partial charge in [0.25, 0.3) is 5.91 Å². The molecule has 4 bridgehead atoms. The van der Waals surface area contributed by atoms with E-state index in [2.05, 4.69) is 10.6 Å². The maximum atomic E-state index is 12.4. The highest BCUT2D eigenvalue weighted by molar-refractivity contribution is 6.31. The van der Waals surface area contributed by atoms with Crippen molar-refractivity contribution in [1.82, 2.24) is 5.32 Å². The number of benzene rings is 1. The molecule has 1 aromatic carbocycles. The molecule has 130 valence electrons. The van der Waals surface area contributed by atoms with Crippen molar-refractivity contribution in [2.45, 2.75) is 44.1 Å². The summed E-state index contributed by atoms with van der Waals surface area (Å²) in [5, 5.41) is 16.2. The molecule has 0 saturated heterocycles. The van der Waals surface area contributed by atoms with E-state index in [1.807, 2.05) is 6.07 Å². The second kappa shape index (κ2) is 6.38. The Balaban J connectivity index is 1.46. The van der Waals surface area contributed by atoms with Crippen LogP contribution in [-0.4, -0.2) is 11.4 Å². The number of hydrogen-bond acceptors (Lipinski definition) is 3. The molecule has 25 heavy (non-hydrogen) atoms. The lowest BCUT2D eigenvalue weighted by Crippen LogP contribution is -2.57. The molecule has 5 heteroatoms.